The Morgan fingerprint density at radius 3 is 2.55 bits per heavy atom. The second kappa shape index (κ2) is 4.94. The van der Waals surface area contributed by atoms with Crippen molar-refractivity contribution in [3.63, 3.8) is 0 Å². The number of rotatable bonds is 2. The Morgan fingerprint density at radius 2 is 1.90 bits per heavy atom. The molecule has 0 bridgehead atoms. The van der Waals surface area contributed by atoms with E-state index in [0.29, 0.717) is 5.69 Å². The first-order valence-corrected chi connectivity index (χ1v) is 7.01. The van der Waals surface area contributed by atoms with Gasteiger partial charge < -0.3 is 0 Å². The molecule has 100 valence electrons. The average Bonchev–Trinajstić information content (AvgIpc) is 2.98. The van der Waals surface area contributed by atoms with Crippen LogP contribution in [0.2, 0.25) is 0 Å². The van der Waals surface area contributed by atoms with Gasteiger partial charge in [-0.05, 0) is 42.1 Å². The van der Waals surface area contributed by atoms with Crippen molar-refractivity contribution in [2.75, 3.05) is 5.01 Å². The zero-order chi connectivity index (χ0) is 14.1. The largest absolute Gasteiger partial charge is 0.282 e. The summed E-state index contributed by atoms with van der Waals surface area (Å²) in [4.78, 5) is 25.2. The van der Waals surface area contributed by atoms with E-state index < -0.39 is 0 Å². The minimum Gasteiger partial charge on any atom is -0.267 e. The van der Waals surface area contributed by atoms with Gasteiger partial charge in [-0.2, -0.15) is 0 Å². The average molecular weight is 284 g/mol. The van der Waals surface area contributed by atoms with Crippen LogP contribution in [-0.4, -0.2) is 11.8 Å². The van der Waals surface area contributed by atoms with Gasteiger partial charge >= 0.3 is 0 Å². The highest BCUT2D eigenvalue weighted by Crippen LogP contribution is 2.24. The van der Waals surface area contributed by atoms with Crippen molar-refractivity contribution >= 4 is 34.9 Å². The number of anilines is 1. The maximum absolute atomic E-state index is 12.3. The number of amides is 2. The minimum absolute atomic E-state index is 0.166. The molecule has 0 spiro atoms. The standard InChI is InChI=1S/C15H12N2O2S/c1-10-7-8-20-13(10)9-12-14(18)16-17(15(12)19)11-5-3-2-4-6-11/h2-9H,1H3,(H,16,18). The minimum atomic E-state index is -0.369. The molecule has 3 rings (SSSR count). The molecule has 0 aliphatic carbocycles. The van der Waals surface area contributed by atoms with Gasteiger partial charge in [0.15, 0.2) is 0 Å². The summed E-state index contributed by atoms with van der Waals surface area (Å²) < 4.78 is 0. The summed E-state index contributed by atoms with van der Waals surface area (Å²) in [5.74, 6) is -0.694. The number of thiophene rings is 1. The van der Waals surface area contributed by atoms with Crippen molar-refractivity contribution in [1.82, 2.24) is 5.43 Å². The molecule has 1 aliphatic rings. The van der Waals surface area contributed by atoms with Gasteiger partial charge in [0.2, 0.25) is 0 Å². The van der Waals surface area contributed by atoms with Crippen LogP contribution in [-0.2, 0) is 9.59 Å². The van der Waals surface area contributed by atoms with Crippen LogP contribution >= 0.6 is 11.3 Å². The summed E-state index contributed by atoms with van der Waals surface area (Å²) in [6.07, 6.45) is 1.65. The maximum Gasteiger partial charge on any atom is 0.282 e. The number of hydrazine groups is 1. The lowest BCUT2D eigenvalue weighted by atomic mass is 10.2. The first-order valence-electron chi connectivity index (χ1n) is 6.13. The van der Waals surface area contributed by atoms with Crippen molar-refractivity contribution in [2.45, 2.75) is 6.92 Å². The molecular formula is C15H12N2O2S. The van der Waals surface area contributed by atoms with E-state index in [0.717, 1.165) is 10.4 Å². The van der Waals surface area contributed by atoms with E-state index in [4.69, 9.17) is 0 Å². The van der Waals surface area contributed by atoms with E-state index in [-0.39, 0.29) is 17.4 Å². The quantitative estimate of drug-likeness (QED) is 0.680. The number of hydrogen-bond acceptors (Lipinski definition) is 3. The first kappa shape index (κ1) is 12.6. The van der Waals surface area contributed by atoms with Gasteiger partial charge in [-0.3, -0.25) is 15.0 Å². The Hall–Kier alpha value is -2.40. The molecule has 1 aromatic carbocycles. The lowest BCUT2D eigenvalue weighted by Gasteiger charge is -2.13. The SMILES string of the molecule is Cc1ccsc1C=C1C(=O)NN(c2ccccc2)C1=O. The summed E-state index contributed by atoms with van der Waals surface area (Å²) in [5, 5.41) is 3.21. The molecule has 0 unspecified atom stereocenters. The van der Waals surface area contributed by atoms with Crippen molar-refractivity contribution < 1.29 is 9.59 Å². The van der Waals surface area contributed by atoms with Gasteiger partial charge in [0.05, 0.1) is 5.69 Å². The molecule has 2 aromatic rings. The number of carbonyl (C=O) groups is 2. The summed E-state index contributed by atoms with van der Waals surface area (Å²) in [7, 11) is 0. The number of para-hydroxylation sites is 1. The fraction of sp³-hybridized carbons (Fsp3) is 0.0667. The zero-order valence-corrected chi connectivity index (χ0v) is 11.6. The van der Waals surface area contributed by atoms with Gasteiger partial charge in [0.25, 0.3) is 11.8 Å². The molecule has 1 fully saturated rings. The van der Waals surface area contributed by atoms with E-state index >= 15 is 0 Å². The van der Waals surface area contributed by atoms with Gasteiger partial charge in [0, 0.05) is 4.88 Å². The molecule has 0 saturated carbocycles. The Kier molecular flexibility index (Phi) is 3.12. The van der Waals surface area contributed by atoms with E-state index in [9.17, 15) is 9.59 Å². The molecule has 0 radical (unpaired) electrons. The molecule has 1 N–H and O–H groups in total. The number of nitrogens with zero attached hydrogens (tertiary/aromatic N) is 1. The van der Waals surface area contributed by atoms with Crippen LogP contribution in [0.4, 0.5) is 5.69 Å². The van der Waals surface area contributed by atoms with Crippen LogP contribution in [0.15, 0.2) is 47.4 Å². The summed E-state index contributed by atoms with van der Waals surface area (Å²) in [6, 6.07) is 11.0. The fourth-order valence-corrected chi connectivity index (χ4v) is 2.84. The Bertz CT molecular complexity index is 704. The molecular weight excluding hydrogens is 272 g/mol. The van der Waals surface area contributed by atoms with E-state index in [1.807, 2.05) is 36.6 Å². The Labute approximate surface area is 120 Å². The molecule has 5 heteroatoms. The van der Waals surface area contributed by atoms with Gasteiger partial charge in [-0.25, -0.2) is 5.01 Å². The van der Waals surface area contributed by atoms with Crippen molar-refractivity contribution in [3.8, 4) is 0 Å². The van der Waals surface area contributed by atoms with Gasteiger partial charge in [-0.1, -0.05) is 18.2 Å². The Morgan fingerprint density at radius 1 is 1.15 bits per heavy atom. The molecule has 4 nitrogen and oxygen atoms in total. The second-order valence-electron chi connectivity index (χ2n) is 4.44. The third-order valence-electron chi connectivity index (χ3n) is 3.08. The van der Waals surface area contributed by atoms with Crippen LogP contribution in [0.5, 0.6) is 0 Å². The normalized spacial score (nSPS) is 16.9. The molecule has 20 heavy (non-hydrogen) atoms. The molecule has 1 saturated heterocycles. The number of benzene rings is 1. The number of nitrogens with one attached hydrogen (secondary N) is 1. The van der Waals surface area contributed by atoms with Gasteiger partial charge in [0.1, 0.15) is 5.57 Å². The molecule has 2 heterocycles. The summed E-state index contributed by atoms with van der Waals surface area (Å²) in [5.41, 5.74) is 4.46. The highest BCUT2D eigenvalue weighted by Gasteiger charge is 2.34. The summed E-state index contributed by atoms with van der Waals surface area (Å²) >= 11 is 1.51. The first-order chi connectivity index (χ1) is 9.66. The second-order valence-corrected chi connectivity index (χ2v) is 5.39. The predicted molar refractivity (Wildman–Crippen MR) is 79.1 cm³/mol. The van der Waals surface area contributed by atoms with Crippen LogP contribution in [0.3, 0.4) is 0 Å². The van der Waals surface area contributed by atoms with Crippen molar-refractivity contribution in [2.24, 2.45) is 0 Å². The van der Waals surface area contributed by atoms with Crippen LogP contribution in [0.25, 0.3) is 6.08 Å². The lowest BCUT2D eigenvalue weighted by Crippen LogP contribution is -2.35. The predicted octanol–water partition coefficient (Wildman–Crippen LogP) is 2.52. The zero-order valence-electron chi connectivity index (χ0n) is 10.8. The molecule has 1 aliphatic heterocycles. The topological polar surface area (TPSA) is 49.4 Å². The van der Waals surface area contributed by atoms with Gasteiger partial charge in [-0.15, -0.1) is 11.3 Å². The van der Waals surface area contributed by atoms with Crippen LogP contribution in [0.1, 0.15) is 10.4 Å². The summed E-state index contributed by atoms with van der Waals surface area (Å²) in [6.45, 7) is 1.95. The monoisotopic (exact) mass is 284 g/mol. The van der Waals surface area contributed by atoms with Crippen molar-refractivity contribution in [3.05, 3.63) is 57.8 Å². The number of aryl methyl sites for hydroxylation is 1. The third-order valence-corrected chi connectivity index (χ3v) is 4.05. The Balaban J connectivity index is 1.96. The lowest BCUT2D eigenvalue weighted by molar-refractivity contribution is -0.117. The highest BCUT2D eigenvalue weighted by atomic mass is 32.1. The van der Waals surface area contributed by atoms with E-state index in [2.05, 4.69) is 5.43 Å². The molecule has 0 atom stereocenters. The maximum atomic E-state index is 12.3. The highest BCUT2D eigenvalue weighted by molar-refractivity contribution is 7.11. The number of hydrogen-bond donors (Lipinski definition) is 1. The smallest absolute Gasteiger partial charge is 0.267 e. The van der Waals surface area contributed by atoms with E-state index in [1.165, 1.54) is 16.3 Å². The van der Waals surface area contributed by atoms with E-state index in [1.54, 1.807) is 18.2 Å². The number of carbonyl (C=O) groups excluding carboxylic acids is 2. The van der Waals surface area contributed by atoms with Crippen LogP contribution < -0.4 is 10.4 Å². The molecule has 2 amide bonds. The van der Waals surface area contributed by atoms with Crippen molar-refractivity contribution in [1.29, 1.82) is 0 Å². The molecule has 1 aromatic heterocycles. The van der Waals surface area contributed by atoms with Crippen LogP contribution in [0, 0.1) is 6.92 Å². The third kappa shape index (κ3) is 2.12. The fourth-order valence-electron chi connectivity index (χ4n) is 1.98.